The normalized spacial score (nSPS) is 10.2. The molecule has 6 nitrogen and oxygen atoms in total. The number of nitrogens with zero attached hydrogens (tertiary/aromatic N) is 1. The summed E-state index contributed by atoms with van der Waals surface area (Å²) in [4.78, 5) is 25.6. The second-order valence-corrected chi connectivity index (χ2v) is 3.96. The van der Waals surface area contributed by atoms with Crippen molar-refractivity contribution in [1.82, 2.24) is 4.98 Å². The Kier molecular flexibility index (Phi) is 3.34. The summed E-state index contributed by atoms with van der Waals surface area (Å²) in [6, 6.07) is 4.48. The summed E-state index contributed by atoms with van der Waals surface area (Å²) in [5.74, 6) is -3.57. The van der Waals surface area contributed by atoms with E-state index in [1.807, 2.05) is 0 Å². The van der Waals surface area contributed by atoms with E-state index in [0.29, 0.717) is 0 Å². The van der Waals surface area contributed by atoms with Crippen LogP contribution < -0.4 is 5.73 Å². The van der Waals surface area contributed by atoms with Crippen molar-refractivity contribution in [1.29, 1.82) is 0 Å². The maximum Gasteiger partial charge on any atom is 0.338 e. The standard InChI is InChI=1S/C13H9FN2O4/c14-10-3-6(1-2-7(10)12(17)18)9-5-16-11(15)4-8(9)13(19)20/h1-5H,(H2,15,16)(H,17,18)(H,19,20). The highest BCUT2D eigenvalue weighted by Crippen LogP contribution is 2.26. The maximum absolute atomic E-state index is 13.6. The van der Waals surface area contributed by atoms with Crippen molar-refractivity contribution in [2.45, 2.75) is 0 Å². The van der Waals surface area contributed by atoms with E-state index in [4.69, 9.17) is 15.9 Å². The van der Waals surface area contributed by atoms with Crippen molar-refractivity contribution in [2.75, 3.05) is 5.73 Å². The summed E-state index contributed by atoms with van der Waals surface area (Å²) in [6.45, 7) is 0. The van der Waals surface area contributed by atoms with Gasteiger partial charge in [-0.1, -0.05) is 6.07 Å². The Bertz CT molecular complexity index is 716. The van der Waals surface area contributed by atoms with Gasteiger partial charge in [0.1, 0.15) is 11.6 Å². The van der Waals surface area contributed by atoms with Crippen molar-refractivity contribution < 1.29 is 24.2 Å². The van der Waals surface area contributed by atoms with Gasteiger partial charge in [0, 0.05) is 11.8 Å². The van der Waals surface area contributed by atoms with Gasteiger partial charge in [0.2, 0.25) is 0 Å². The number of nitrogens with two attached hydrogens (primary N) is 1. The van der Waals surface area contributed by atoms with Gasteiger partial charge in [-0.15, -0.1) is 0 Å². The van der Waals surface area contributed by atoms with Crippen LogP contribution in [0.25, 0.3) is 11.1 Å². The predicted molar refractivity (Wildman–Crippen MR) is 68.0 cm³/mol. The number of hydrogen-bond acceptors (Lipinski definition) is 4. The van der Waals surface area contributed by atoms with E-state index in [-0.39, 0.29) is 22.5 Å². The molecule has 20 heavy (non-hydrogen) atoms. The zero-order valence-electron chi connectivity index (χ0n) is 10.0. The monoisotopic (exact) mass is 276 g/mol. The molecule has 0 unspecified atom stereocenters. The second kappa shape index (κ2) is 4.96. The molecule has 0 spiro atoms. The lowest BCUT2D eigenvalue weighted by molar-refractivity contribution is 0.0683. The molecular weight excluding hydrogens is 267 g/mol. The van der Waals surface area contributed by atoms with Gasteiger partial charge in [-0.25, -0.2) is 19.0 Å². The summed E-state index contributed by atoms with van der Waals surface area (Å²) in [5, 5.41) is 17.8. The zero-order chi connectivity index (χ0) is 14.9. The Balaban J connectivity index is 2.60. The number of carboxylic acid groups (broad SMARTS) is 2. The van der Waals surface area contributed by atoms with E-state index in [1.54, 1.807) is 0 Å². The third-order valence-corrected chi connectivity index (χ3v) is 2.67. The molecule has 2 rings (SSSR count). The van der Waals surface area contributed by atoms with Gasteiger partial charge in [-0.2, -0.15) is 0 Å². The van der Waals surface area contributed by atoms with Crippen LogP contribution in [0.2, 0.25) is 0 Å². The van der Waals surface area contributed by atoms with Crippen LogP contribution in [0.5, 0.6) is 0 Å². The van der Waals surface area contributed by atoms with Crippen molar-refractivity contribution in [3.8, 4) is 11.1 Å². The highest BCUT2D eigenvalue weighted by molar-refractivity contribution is 5.97. The number of nitrogen functional groups attached to an aromatic ring is 1. The van der Waals surface area contributed by atoms with Gasteiger partial charge in [0.15, 0.2) is 0 Å². The maximum atomic E-state index is 13.6. The molecule has 102 valence electrons. The zero-order valence-corrected chi connectivity index (χ0v) is 10.0. The Labute approximate surface area is 112 Å². The highest BCUT2D eigenvalue weighted by Gasteiger charge is 2.16. The molecular formula is C13H9FN2O4. The first-order chi connectivity index (χ1) is 9.40. The molecule has 1 aromatic carbocycles. The Hall–Kier alpha value is -2.96. The fourth-order valence-electron chi connectivity index (χ4n) is 1.73. The summed E-state index contributed by atoms with van der Waals surface area (Å²) < 4.78 is 13.6. The molecule has 0 saturated heterocycles. The molecule has 2 aromatic rings. The van der Waals surface area contributed by atoms with Crippen molar-refractivity contribution in [3.63, 3.8) is 0 Å². The molecule has 0 bridgehead atoms. The van der Waals surface area contributed by atoms with Crippen LogP contribution >= 0.6 is 0 Å². The van der Waals surface area contributed by atoms with Crippen LogP contribution in [0.1, 0.15) is 20.7 Å². The highest BCUT2D eigenvalue weighted by atomic mass is 19.1. The first-order valence-corrected chi connectivity index (χ1v) is 5.42. The van der Waals surface area contributed by atoms with Gasteiger partial charge in [0.25, 0.3) is 0 Å². The minimum atomic E-state index is -1.40. The lowest BCUT2D eigenvalue weighted by atomic mass is 10.0. The number of pyridine rings is 1. The first-order valence-electron chi connectivity index (χ1n) is 5.42. The van der Waals surface area contributed by atoms with E-state index in [9.17, 15) is 14.0 Å². The molecule has 0 fully saturated rings. The largest absolute Gasteiger partial charge is 0.478 e. The summed E-state index contributed by atoms with van der Waals surface area (Å²) >= 11 is 0. The van der Waals surface area contributed by atoms with Crippen LogP contribution in [0, 0.1) is 5.82 Å². The van der Waals surface area contributed by atoms with Gasteiger partial charge in [-0.3, -0.25) is 0 Å². The van der Waals surface area contributed by atoms with E-state index < -0.39 is 23.3 Å². The number of aromatic carboxylic acids is 2. The number of rotatable bonds is 3. The summed E-state index contributed by atoms with van der Waals surface area (Å²) in [7, 11) is 0. The van der Waals surface area contributed by atoms with Gasteiger partial charge < -0.3 is 15.9 Å². The van der Waals surface area contributed by atoms with Crippen LogP contribution in [0.3, 0.4) is 0 Å². The number of halogens is 1. The third-order valence-electron chi connectivity index (χ3n) is 2.67. The van der Waals surface area contributed by atoms with E-state index >= 15 is 0 Å². The molecule has 0 radical (unpaired) electrons. The van der Waals surface area contributed by atoms with Crippen molar-refractivity contribution in [2.24, 2.45) is 0 Å². The quantitative estimate of drug-likeness (QED) is 0.788. The number of carboxylic acids is 2. The first kappa shape index (κ1) is 13.5. The van der Waals surface area contributed by atoms with Gasteiger partial charge in [-0.05, 0) is 23.8 Å². The average molecular weight is 276 g/mol. The third kappa shape index (κ3) is 2.41. The lowest BCUT2D eigenvalue weighted by Crippen LogP contribution is -2.04. The number of aromatic nitrogens is 1. The summed E-state index contributed by atoms with van der Waals surface area (Å²) in [6.07, 6.45) is 1.20. The van der Waals surface area contributed by atoms with Gasteiger partial charge in [0.05, 0.1) is 11.1 Å². The molecule has 0 amide bonds. The Morgan fingerprint density at radius 1 is 1.10 bits per heavy atom. The molecule has 1 aromatic heterocycles. The van der Waals surface area contributed by atoms with Crippen LogP contribution in [0.15, 0.2) is 30.5 Å². The molecule has 0 saturated carbocycles. The summed E-state index contributed by atoms with van der Waals surface area (Å²) in [5.41, 5.74) is 5.14. The van der Waals surface area contributed by atoms with Crippen molar-refractivity contribution in [3.05, 3.63) is 47.4 Å². The Morgan fingerprint density at radius 3 is 2.30 bits per heavy atom. The van der Waals surface area contributed by atoms with E-state index in [1.165, 1.54) is 12.3 Å². The van der Waals surface area contributed by atoms with Crippen LogP contribution in [-0.2, 0) is 0 Å². The number of carbonyl (C=O) groups is 2. The van der Waals surface area contributed by atoms with E-state index in [2.05, 4.69) is 4.98 Å². The number of benzene rings is 1. The smallest absolute Gasteiger partial charge is 0.338 e. The van der Waals surface area contributed by atoms with Crippen LogP contribution in [0.4, 0.5) is 10.2 Å². The van der Waals surface area contributed by atoms with E-state index in [0.717, 1.165) is 18.2 Å². The van der Waals surface area contributed by atoms with Crippen LogP contribution in [-0.4, -0.2) is 27.1 Å². The fraction of sp³-hybridized carbons (Fsp3) is 0. The average Bonchev–Trinajstić information content (AvgIpc) is 2.37. The molecule has 7 heteroatoms. The topological polar surface area (TPSA) is 114 Å². The Morgan fingerprint density at radius 2 is 1.75 bits per heavy atom. The molecule has 1 heterocycles. The second-order valence-electron chi connectivity index (χ2n) is 3.96. The molecule has 4 N–H and O–H groups in total. The minimum Gasteiger partial charge on any atom is -0.478 e. The molecule has 0 aliphatic heterocycles. The minimum absolute atomic E-state index is 0.0220. The molecule has 0 atom stereocenters. The molecule has 0 aliphatic carbocycles. The SMILES string of the molecule is Nc1cc(C(=O)O)c(-c2ccc(C(=O)O)c(F)c2)cn1. The predicted octanol–water partition coefficient (Wildman–Crippen LogP) is 1.87. The fourth-order valence-corrected chi connectivity index (χ4v) is 1.73. The van der Waals surface area contributed by atoms with Crippen molar-refractivity contribution >= 4 is 17.8 Å². The number of anilines is 1. The molecule has 0 aliphatic rings. The lowest BCUT2D eigenvalue weighted by Gasteiger charge is -2.07. The van der Waals surface area contributed by atoms with Gasteiger partial charge >= 0.3 is 11.9 Å². The number of hydrogen-bond donors (Lipinski definition) is 3.